The van der Waals surface area contributed by atoms with Crippen molar-refractivity contribution in [2.24, 2.45) is 0 Å². The van der Waals surface area contributed by atoms with Gasteiger partial charge in [-0.25, -0.2) is 0 Å². The third-order valence-electron chi connectivity index (χ3n) is 3.57. The third kappa shape index (κ3) is 3.91. The maximum Gasteiger partial charge on any atom is 0.141 e. The summed E-state index contributed by atoms with van der Waals surface area (Å²) < 4.78 is 11.3. The van der Waals surface area contributed by atoms with Crippen LogP contribution in [0.15, 0.2) is 18.3 Å². The fourth-order valence-electron chi connectivity index (χ4n) is 2.63. The van der Waals surface area contributed by atoms with Crippen LogP contribution < -0.4 is 10.1 Å². The molecule has 0 amide bonds. The lowest BCUT2D eigenvalue weighted by Gasteiger charge is -2.27. The molecule has 1 N–H and O–H groups in total. The number of rotatable bonds is 6. The van der Waals surface area contributed by atoms with Gasteiger partial charge in [0.1, 0.15) is 5.75 Å². The van der Waals surface area contributed by atoms with Crippen molar-refractivity contribution in [3.8, 4) is 5.75 Å². The van der Waals surface area contributed by atoms with Crippen molar-refractivity contribution in [1.29, 1.82) is 0 Å². The quantitative estimate of drug-likeness (QED) is 0.858. The van der Waals surface area contributed by atoms with Crippen molar-refractivity contribution in [1.82, 2.24) is 10.3 Å². The second-order valence-corrected chi connectivity index (χ2v) is 4.93. The number of methoxy groups -OCH3 is 1. The Morgan fingerprint density at radius 3 is 3.11 bits per heavy atom. The topological polar surface area (TPSA) is 43.4 Å². The van der Waals surface area contributed by atoms with Crippen molar-refractivity contribution in [2.45, 2.75) is 44.8 Å². The Morgan fingerprint density at radius 2 is 2.42 bits per heavy atom. The number of nitrogens with one attached hydrogen (secondary N) is 1. The van der Waals surface area contributed by atoms with Gasteiger partial charge in [-0.1, -0.05) is 6.92 Å². The maximum absolute atomic E-state index is 5.84. The van der Waals surface area contributed by atoms with Gasteiger partial charge in [-0.3, -0.25) is 4.98 Å². The lowest BCUT2D eigenvalue weighted by Crippen LogP contribution is -2.29. The molecule has 2 unspecified atom stereocenters. The van der Waals surface area contributed by atoms with E-state index in [9.17, 15) is 0 Å². The van der Waals surface area contributed by atoms with Gasteiger partial charge in [-0.15, -0.1) is 0 Å². The Bertz CT molecular complexity index is 378. The Labute approximate surface area is 115 Å². The summed E-state index contributed by atoms with van der Waals surface area (Å²) >= 11 is 0. The van der Waals surface area contributed by atoms with Crippen LogP contribution in [0.3, 0.4) is 0 Å². The fourth-order valence-corrected chi connectivity index (χ4v) is 2.63. The molecule has 1 saturated heterocycles. The smallest absolute Gasteiger partial charge is 0.141 e. The molecule has 19 heavy (non-hydrogen) atoms. The van der Waals surface area contributed by atoms with Crippen molar-refractivity contribution in [2.75, 3.05) is 20.3 Å². The Kier molecular flexibility index (Phi) is 5.61. The molecule has 1 aliphatic rings. The third-order valence-corrected chi connectivity index (χ3v) is 3.57. The Balaban J connectivity index is 2.09. The summed E-state index contributed by atoms with van der Waals surface area (Å²) in [5.74, 6) is 0.851. The van der Waals surface area contributed by atoms with Crippen LogP contribution in [0.25, 0.3) is 0 Å². The zero-order valence-electron chi connectivity index (χ0n) is 11.9. The molecule has 0 spiro atoms. The van der Waals surface area contributed by atoms with Crippen LogP contribution in [0, 0.1) is 0 Å². The van der Waals surface area contributed by atoms with E-state index in [-0.39, 0.29) is 6.04 Å². The highest BCUT2D eigenvalue weighted by Gasteiger charge is 2.23. The first-order chi connectivity index (χ1) is 9.35. The van der Waals surface area contributed by atoms with Gasteiger partial charge in [0.15, 0.2) is 0 Å². The van der Waals surface area contributed by atoms with Crippen molar-refractivity contribution in [3.05, 3.63) is 24.0 Å². The number of hydrogen-bond donors (Lipinski definition) is 1. The molecule has 0 aromatic carbocycles. The maximum atomic E-state index is 5.84. The molecule has 0 saturated carbocycles. The van der Waals surface area contributed by atoms with E-state index in [0.29, 0.717) is 6.10 Å². The Morgan fingerprint density at radius 1 is 1.53 bits per heavy atom. The van der Waals surface area contributed by atoms with Crippen molar-refractivity contribution in [3.63, 3.8) is 0 Å². The molecule has 2 rings (SSSR count). The highest BCUT2D eigenvalue weighted by molar-refractivity contribution is 5.29. The van der Waals surface area contributed by atoms with E-state index in [1.54, 1.807) is 7.11 Å². The van der Waals surface area contributed by atoms with E-state index in [0.717, 1.165) is 37.4 Å². The van der Waals surface area contributed by atoms with E-state index >= 15 is 0 Å². The highest BCUT2D eigenvalue weighted by Crippen LogP contribution is 2.28. The molecule has 0 bridgehead atoms. The number of ether oxygens (including phenoxy) is 2. The van der Waals surface area contributed by atoms with Gasteiger partial charge in [0.05, 0.1) is 24.9 Å². The molecule has 1 aliphatic heterocycles. The average Bonchev–Trinajstić information content (AvgIpc) is 2.48. The second kappa shape index (κ2) is 7.46. The fraction of sp³-hybridized carbons (Fsp3) is 0.667. The Hall–Kier alpha value is -1.13. The van der Waals surface area contributed by atoms with Crippen LogP contribution in [-0.2, 0) is 4.74 Å². The van der Waals surface area contributed by atoms with E-state index in [2.05, 4.69) is 17.2 Å². The number of pyridine rings is 1. The van der Waals surface area contributed by atoms with Crippen molar-refractivity contribution >= 4 is 0 Å². The van der Waals surface area contributed by atoms with Gasteiger partial charge >= 0.3 is 0 Å². The predicted octanol–water partition coefficient (Wildman–Crippen LogP) is 2.70. The summed E-state index contributed by atoms with van der Waals surface area (Å²) in [7, 11) is 1.70. The second-order valence-electron chi connectivity index (χ2n) is 4.93. The normalized spacial score (nSPS) is 21.1. The van der Waals surface area contributed by atoms with E-state index < -0.39 is 0 Å². The van der Waals surface area contributed by atoms with Gasteiger partial charge in [0, 0.05) is 12.8 Å². The molecule has 2 heterocycles. The summed E-state index contributed by atoms with van der Waals surface area (Å²) in [6, 6.07) is 4.07. The first kappa shape index (κ1) is 14.3. The highest BCUT2D eigenvalue weighted by atomic mass is 16.5. The van der Waals surface area contributed by atoms with E-state index in [4.69, 9.17) is 9.47 Å². The minimum absolute atomic E-state index is 0.198. The first-order valence-corrected chi connectivity index (χ1v) is 7.19. The lowest BCUT2D eigenvalue weighted by atomic mass is 9.99. The number of aromatic nitrogens is 1. The summed E-state index contributed by atoms with van der Waals surface area (Å²) in [6.07, 6.45) is 6.73. The van der Waals surface area contributed by atoms with E-state index in [1.165, 1.54) is 12.8 Å². The molecular weight excluding hydrogens is 240 g/mol. The predicted molar refractivity (Wildman–Crippen MR) is 75.4 cm³/mol. The molecule has 1 aromatic rings. The molecule has 106 valence electrons. The van der Waals surface area contributed by atoms with Crippen LogP contribution >= 0.6 is 0 Å². The van der Waals surface area contributed by atoms with Crippen LogP contribution in [0.1, 0.15) is 44.3 Å². The molecule has 0 aliphatic carbocycles. The van der Waals surface area contributed by atoms with E-state index in [1.807, 2.05) is 18.3 Å². The molecule has 4 nitrogen and oxygen atoms in total. The molecule has 0 radical (unpaired) electrons. The molecular formula is C15H24N2O2. The van der Waals surface area contributed by atoms with Gasteiger partial charge in [-0.2, -0.15) is 0 Å². The summed E-state index contributed by atoms with van der Waals surface area (Å²) in [4.78, 5) is 4.49. The van der Waals surface area contributed by atoms with Crippen LogP contribution in [0.5, 0.6) is 5.75 Å². The average molecular weight is 264 g/mol. The van der Waals surface area contributed by atoms with Gasteiger partial charge in [0.2, 0.25) is 0 Å². The largest absolute Gasteiger partial charge is 0.495 e. The van der Waals surface area contributed by atoms with Gasteiger partial charge < -0.3 is 14.8 Å². The zero-order valence-corrected chi connectivity index (χ0v) is 11.9. The first-order valence-electron chi connectivity index (χ1n) is 7.19. The standard InChI is InChI=1S/C15H24N2O2/c1-3-16-13(11-12-7-4-5-10-19-12)15-14(18-2)8-6-9-17-15/h6,8-9,12-13,16H,3-5,7,10-11H2,1-2H3. The molecule has 2 atom stereocenters. The minimum Gasteiger partial charge on any atom is -0.495 e. The number of nitrogens with zero attached hydrogens (tertiary/aromatic N) is 1. The molecule has 1 aromatic heterocycles. The van der Waals surface area contributed by atoms with Crippen molar-refractivity contribution < 1.29 is 9.47 Å². The molecule has 4 heteroatoms. The lowest BCUT2D eigenvalue weighted by molar-refractivity contribution is 0.00475. The zero-order chi connectivity index (χ0) is 13.5. The van der Waals surface area contributed by atoms with Gasteiger partial charge in [0.25, 0.3) is 0 Å². The summed E-state index contributed by atoms with van der Waals surface area (Å²) in [6.45, 7) is 3.92. The minimum atomic E-state index is 0.198. The van der Waals surface area contributed by atoms with Gasteiger partial charge in [-0.05, 0) is 44.4 Å². The van der Waals surface area contributed by atoms with Crippen LogP contribution in [0.2, 0.25) is 0 Å². The van der Waals surface area contributed by atoms with Crippen LogP contribution in [0.4, 0.5) is 0 Å². The summed E-state index contributed by atoms with van der Waals surface area (Å²) in [5.41, 5.74) is 0.987. The number of hydrogen-bond acceptors (Lipinski definition) is 4. The SMILES string of the molecule is CCNC(CC1CCCCO1)c1ncccc1OC. The summed E-state index contributed by atoms with van der Waals surface area (Å²) in [5, 5.41) is 3.50. The molecule has 1 fully saturated rings. The monoisotopic (exact) mass is 264 g/mol. The van der Waals surface area contributed by atoms with Crippen LogP contribution in [-0.4, -0.2) is 31.3 Å².